The molecule has 0 bridgehead atoms. The Kier molecular flexibility index (Phi) is 5.58. The lowest BCUT2D eigenvalue weighted by Crippen LogP contribution is -2.30. The molecule has 1 aromatic heterocycles. The molecule has 1 aromatic carbocycles. The summed E-state index contributed by atoms with van der Waals surface area (Å²) < 4.78 is 12.4. The molecule has 112 valence electrons. The topological polar surface area (TPSA) is 69.4 Å². The number of aromatic nitrogens is 1. The van der Waals surface area contributed by atoms with Crippen LogP contribution in [0.2, 0.25) is 0 Å². The minimum Gasteiger partial charge on any atom is -0.497 e. The Hall–Kier alpha value is -1.15. The van der Waals surface area contributed by atoms with Gasteiger partial charge in [0.25, 0.3) is 0 Å². The third-order valence-corrected chi connectivity index (χ3v) is 4.09. The van der Waals surface area contributed by atoms with Gasteiger partial charge in [0.2, 0.25) is 0 Å². The van der Waals surface area contributed by atoms with Crippen molar-refractivity contribution in [3.05, 3.63) is 50.7 Å². The fraction of sp³-hybridized carbons (Fsp3) is 0.214. The first-order valence-electron chi connectivity index (χ1n) is 6.09. The molecule has 0 saturated heterocycles. The van der Waals surface area contributed by atoms with Gasteiger partial charge in [0.1, 0.15) is 11.5 Å². The number of hydrazine groups is 1. The van der Waals surface area contributed by atoms with Crippen LogP contribution in [0, 0.1) is 0 Å². The monoisotopic (exact) mass is 415 g/mol. The van der Waals surface area contributed by atoms with Crippen LogP contribution >= 0.6 is 31.9 Å². The minimum absolute atomic E-state index is 0.336. The molecule has 1 unspecified atom stereocenters. The average Bonchev–Trinajstić information content (AvgIpc) is 2.49. The maximum Gasteiger partial charge on any atom is 0.124 e. The summed E-state index contributed by atoms with van der Waals surface area (Å²) in [5.41, 5.74) is 4.38. The van der Waals surface area contributed by atoms with Gasteiger partial charge < -0.3 is 9.47 Å². The van der Waals surface area contributed by atoms with Gasteiger partial charge >= 0.3 is 0 Å². The van der Waals surface area contributed by atoms with E-state index in [-0.39, 0.29) is 6.04 Å². The van der Waals surface area contributed by atoms with Gasteiger partial charge in [-0.25, -0.2) is 5.43 Å². The van der Waals surface area contributed by atoms with E-state index >= 15 is 0 Å². The highest BCUT2D eigenvalue weighted by molar-refractivity contribution is 9.11. The smallest absolute Gasteiger partial charge is 0.124 e. The molecule has 0 aliphatic carbocycles. The molecule has 21 heavy (non-hydrogen) atoms. The van der Waals surface area contributed by atoms with Gasteiger partial charge in [0.05, 0.1) is 26.0 Å². The Balaban J connectivity index is 2.54. The molecule has 0 fully saturated rings. The van der Waals surface area contributed by atoms with E-state index in [9.17, 15) is 0 Å². The number of methoxy groups -OCH3 is 2. The van der Waals surface area contributed by atoms with E-state index in [1.165, 1.54) is 0 Å². The molecular formula is C14H15Br2N3O2. The minimum atomic E-state index is -0.336. The van der Waals surface area contributed by atoms with Crippen molar-refractivity contribution in [2.75, 3.05) is 14.2 Å². The van der Waals surface area contributed by atoms with E-state index < -0.39 is 0 Å². The number of halogens is 2. The molecule has 2 aromatic rings. The van der Waals surface area contributed by atoms with Crippen LogP contribution in [-0.4, -0.2) is 19.2 Å². The molecule has 0 saturated carbocycles. The number of nitrogens with zero attached hydrogens (tertiary/aromatic N) is 1. The number of nitrogens with one attached hydrogen (secondary N) is 1. The number of benzene rings is 1. The maximum absolute atomic E-state index is 5.74. The molecule has 1 atom stereocenters. The molecule has 7 heteroatoms. The molecule has 0 aliphatic rings. The third kappa shape index (κ3) is 3.55. The molecule has 1 heterocycles. The summed E-state index contributed by atoms with van der Waals surface area (Å²) in [6, 6.07) is 7.13. The fourth-order valence-electron chi connectivity index (χ4n) is 2.02. The number of hydrogen-bond donors (Lipinski definition) is 2. The summed E-state index contributed by atoms with van der Waals surface area (Å²) in [7, 11) is 3.23. The Morgan fingerprint density at radius 1 is 1.19 bits per heavy atom. The maximum atomic E-state index is 5.74. The van der Waals surface area contributed by atoms with Crippen molar-refractivity contribution < 1.29 is 9.47 Å². The van der Waals surface area contributed by atoms with Crippen LogP contribution in [0.5, 0.6) is 11.5 Å². The van der Waals surface area contributed by atoms with E-state index in [0.29, 0.717) is 5.75 Å². The number of pyridine rings is 1. The van der Waals surface area contributed by atoms with Crippen LogP contribution in [0.15, 0.2) is 39.4 Å². The second-order valence-electron chi connectivity index (χ2n) is 4.23. The van der Waals surface area contributed by atoms with Gasteiger partial charge in [-0.1, -0.05) is 0 Å². The average molecular weight is 417 g/mol. The Labute approximate surface area is 140 Å². The highest BCUT2D eigenvalue weighted by Crippen LogP contribution is 2.35. The summed E-state index contributed by atoms with van der Waals surface area (Å²) in [5, 5.41) is 0. The zero-order chi connectivity index (χ0) is 15.4. The van der Waals surface area contributed by atoms with E-state index in [1.807, 2.05) is 24.3 Å². The van der Waals surface area contributed by atoms with Gasteiger partial charge in [-0.3, -0.25) is 10.8 Å². The molecule has 2 rings (SSSR count). The summed E-state index contributed by atoms with van der Waals surface area (Å²) >= 11 is 6.89. The normalized spacial score (nSPS) is 12.0. The number of nitrogens with two attached hydrogens (primary N) is 1. The highest BCUT2D eigenvalue weighted by Gasteiger charge is 2.21. The summed E-state index contributed by atoms with van der Waals surface area (Å²) in [6.45, 7) is 0. The Bertz CT molecular complexity index is 638. The van der Waals surface area contributed by atoms with Crippen LogP contribution in [0.25, 0.3) is 0 Å². The first kappa shape index (κ1) is 16.2. The second-order valence-corrected chi connectivity index (χ2v) is 6.00. The van der Waals surface area contributed by atoms with Crippen LogP contribution < -0.4 is 20.7 Å². The second kappa shape index (κ2) is 7.22. The molecule has 0 radical (unpaired) electrons. The summed E-state index contributed by atoms with van der Waals surface area (Å²) in [6.07, 6.45) is 1.72. The van der Waals surface area contributed by atoms with Crippen LogP contribution in [-0.2, 0) is 0 Å². The lowest BCUT2D eigenvalue weighted by molar-refractivity contribution is 0.393. The number of hydrogen-bond acceptors (Lipinski definition) is 5. The number of rotatable bonds is 5. The van der Waals surface area contributed by atoms with Crippen molar-refractivity contribution in [2.45, 2.75) is 6.04 Å². The first-order valence-corrected chi connectivity index (χ1v) is 7.68. The van der Waals surface area contributed by atoms with E-state index in [0.717, 1.165) is 26.0 Å². The molecule has 0 aliphatic heterocycles. The van der Waals surface area contributed by atoms with Crippen molar-refractivity contribution in [3.8, 4) is 11.5 Å². The Morgan fingerprint density at radius 2 is 1.95 bits per heavy atom. The van der Waals surface area contributed by atoms with Gasteiger partial charge in [-0.15, -0.1) is 0 Å². The highest BCUT2D eigenvalue weighted by atomic mass is 79.9. The molecular weight excluding hydrogens is 402 g/mol. The van der Waals surface area contributed by atoms with E-state index in [4.69, 9.17) is 15.3 Å². The van der Waals surface area contributed by atoms with Crippen molar-refractivity contribution in [1.29, 1.82) is 0 Å². The lowest BCUT2D eigenvalue weighted by atomic mass is 10.0. The van der Waals surface area contributed by atoms with Crippen LogP contribution in [0.3, 0.4) is 0 Å². The van der Waals surface area contributed by atoms with Crippen molar-refractivity contribution in [2.24, 2.45) is 5.84 Å². The largest absolute Gasteiger partial charge is 0.497 e. The van der Waals surface area contributed by atoms with Gasteiger partial charge in [0.15, 0.2) is 0 Å². The molecule has 0 amide bonds. The first-order chi connectivity index (χ1) is 10.1. The van der Waals surface area contributed by atoms with Gasteiger partial charge in [-0.05, 0) is 56.1 Å². The van der Waals surface area contributed by atoms with Crippen molar-refractivity contribution in [3.63, 3.8) is 0 Å². The fourth-order valence-corrected chi connectivity index (χ4v) is 3.23. The quantitative estimate of drug-likeness (QED) is 0.578. The standard InChI is InChI=1S/C14H15Br2N3O2/c1-20-9-3-4-12(21-2)10(6-9)13(19-17)14-11(16)5-8(15)7-18-14/h3-7,13,19H,17H2,1-2H3. The van der Waals surface area contributed by atoms with E-state index in [2.05, 4.69) is 42.3 Å². The number of ether oxygens (including phenoxy) is 2. The van der Waals surface area contributed by atoms with E-state index in [1.54, 1.807) is 20.4 Å². The summed E-state index contributed by atoms with van der Waals surface area (Å²) in [5.74, 6) is 7.17. The molecule has 0 spiro atoms. The van der Waals surface area contributed by atoms with Crippen LogP contribution in [0.1, 0.15) is 17.3 Å². The molecule has 5 nitrogen and oxygen atoms in total. The SMILES string of the molecule is COc1ccc(OC)c(C(NN)c2ncc(Br)cc2Br)c1. The lowest BCUT2D eigenvalue weighted by Gasteiger charge is -2.20. The zero-order valence-electron chi connectivity index (χ0n) is 11.6. The Morgan fingerprint density at radius 3 is 2.52 bits per heavy atom. The van der Waals surface area contributed by atoms with Crippen LogP contribution in [0.4, 0.5) is 0 Å². The van der Waals surface area contributed by atoms with Gasteiger partial charge in [0, 0.05) is 20.7 Å². The predicted molar refractivity (Wildman–Crippen MR) is 88.3 cm³/mol. The van der Waals surface area contributed by atoms with Gasteiger partial charge in [-0.2, -0.15) is 0 Å². The summed E-state index contributed by atoms with van der Waals surface area (Å²) in [4.78, 5) is 4.42. The predicted octanol–water partition coefficient (Wildman–Crippen LogP) is 3.18. The molecule has 3 N–H and O–H groups in total. The zero-order valence-corrected chi connectivity index (χ0v) is 14.7. The van der Waals surface area contributed by atoms with Crippen molar-refractivity contribution >= 4 is 31.9 Å². The third-order valence-electron chi connectivity index (χ3n) is 3.02. The van der Waals surface area contributed by atoms with Crippen molar-refractivity contribution in [1.82, 2.24) is 10.4 Å².